The maximum atomic E-state index is 12.7. The van der Waals surface area contributed by atoms with Gasteiger partial charge in [-0.25, -0.2) is 4.98 Å². The molecular formula is C26H30N4O3. The van der Waals surface area contributed by atoms with Gasteiger partial charge in [0.1, 0.15) is 11.9 Å². The lowest BCUT2D eigenvalue weighted by Gasteiger charge is -2.32. The Labute approximate surface area is 194 Å². The summed E-state index contributed by atoms with van der Waals surface area (Å²) in [5.74, 6) is 0.0858. The van der Waals surface area contributed by atoms with E-state index in [4.69, 9.17) is 10.5 Å². The summed E-state index contributed by atoms with van der Waals surface area (Å²) in [4.78, 5) is 31.1. The van der Waals surface area contributed by atoms with E-state index in [2.05, 4.69) is 4.98 Å². The molecule has 7 heteroatoms. The Balaban J connectivity index is 1.41. The highest BCUT2D eigenvalue weighted by Gasteiger charge is 2.25. The summed E-state index contributed by atoms with van der Waals surface area (Å²) in [7, 11) is 1.90. The summed E-state index contributed by atoms with van der Waals surface area (Å²) in [6.07, 6.45) is 5.36. The average Bonchev–Trinajstić information content (AvgIpc) is 3.21. The van der Waals surface area contributed by atoms with E-state index >= 15 is 0 Å². The third-order valence-corrected chi connectivity index (χ3v) is 6.14. The number of nitrogens with zero attached hydrogens (tertiary/aromatic N) is 3. The van der Waals surface area contributed by atoms with E-state index in [-0.39, 0.29) is 12.0 Å². The standard InChI is InChI=1S/C26H30N4O3/c1-17-4-6-19(7-5-17)13-25(31)30-10-8-20(9-11-30)33-24-12-18(2)21(14-22(24)26(27)32)23-15-29(3)16-28-23/h4-7,12,14-16,20H,8-11,13H2,1-3H3,(H2,27,32). The first-order chi connectivity index (χ1) is 15.8. The molecule has 3 aromatic rings. The predicted octanol–water partition coefficient (Wildman–Crippen LogP) is 3.42. The number of nitrogens with two attached hydrogens (primary N) is 1. The zero-order valence-electron chi connectivity index (χ0n) is 19.4. The van der Waals surface area contributed by atoms with Crippen LogP contribution in [0.5, 0.6) is 5.75 Å². The number of carbonyl (C=O) groups excluding carboxylic acids is 2. The maximum absolute atomic E-state index is 12.7. The van der Waals surface area contributed by atoms with Gasteiger partial charge in [-0.2, -0.15) is 0 Å². The van der Waals surface area contributed by atoms with Crippen molar-refractivity contribution in [1.29, 1.82) is 0 Å². The zero-order valence-corrected chi connectivity index (χ0v) is 19.4. The smallest absolute Gasteiger partial charge is 0.252 e. The van der Waals surface area contributed by atoms with Crippen LogP contribution in [0.4, 0.5) is 0 Å². The van der Waals surface area contributed by atoms with Crippen molar-refractivity contribution in [2.24, 2.45) is 12.8 Å². The van der Waals surface area contributed by atoms with Crippen molar-refractivity contribution in [3.8, 4) is 17.0 Å². The highest BCUT2D eigenvalue weighted by atomic mass is 16.5. The van der Waals surface area contributed by atoms with Crippen molar-refractivity contribution in [3.05, 3.63) is 71.2 Å². The van der Waals surface area contributed by atoms with Gasteiger partial charge in [0.15, 0.2) is 0 Å². The van der Waals surface area contributed by atoms with Crippen molar-refractivity contribution < 1.29 is 14.3 Å². The number of ether oxygens (including phenoxy) is 1. The van der Waals surface area contributed by atoms with Crippen LogP contribution in [0, 0.1) is 13.8 Å². The number of rotatable bonds is 6. The van der Waals surface area contributed by atoms with E-state index in [1.165, 1.54) is 5.56 Å². The van der Waals surface area contributed by atoms with Crippen LogP contribution in [0.15, 0.2) is 48.9 Å². The van der Waals surface area contributed by atoms with Crippen molar-refractivity contribution in [2.75, 3.05) is 13.1 Å². The lowest BCUT2D eigenvalue weighted by atomic mass is 10.0. The van der Waals surface area contributed by atoms with E-state index in [0.29, 0.717) is 43.7 Å². The highest BCUT2D eigenvalue weighted by Crippen LogP contribution is 2.31. The van der Waals surface area contributed by atoms with Gasteiger partial charge in [-0.1, -0.05) is 29.8 Å². The molecule has 172 valence electrons. The van der Waals surface area contributed by atoms with E-state index in [0.717, 1.165) is 22.4 Å². The van der Waals surface area contributed by atoms with Crippen molar-refractivity contribution in [3.63, 3.8) is 0 Å². The third-order valence-electron chi connectivity index (χ3n) is 6.14. The summed E-state index contributed by atoms with van der Waals surface area (Å²) in [5, 5.41) is 0. The fourth-order valence-corrected chi connectivity index (χ4v) is 4.19. The van der Waals surface area contributed by atoms with Gasteiger partial charge in [-0.05, 0) is 37.1 Å². The first kappa shape index (κ1) is 22.6. The van der Waals surface area contributed by atoms with Crippen molar-refractivity contribution >= 4 is 11.8 Å². The van der Waals surface area contributed by atoms with Gasteiger partial charge >= 0.3 is 0 Å². The SMILES string of the molecule is Cc1ccc(CC(=O)N2CCC(Oc3cc(C)c(-c4cn(C)cn4)cc3C(N)=O)CC2)cc1. The molecule has 4 rings (SSSR count). The number of hydrogen-bond acceptors (Lipinski definition) is 4. The number of aromatic nitrogens is 2. The molecule has 2 aromatic carbocycles. The molecule has 0 spiro atoms. The number of likely N-dealkylation sites (tertiary alicyclic amines) is 1. The summed E-state index contributed by atoms with van der Waals surface area (Å²) in [5.41, 5.74) is 10.8. The van der Waals surface area contributed by atoms with Crippen LogP contribution in [0.3, 0.4) is 0 Å². The Morgan fingerprint density at radius 1 is 1.12 bits per heavy atom. The van der Waals surface area contributed by atoms with Gasteiger partial charge in [0.25, 0.3) is 5.91 Å². The number of imidazole rings is 1. The van der Waals surface area contributed by atoms with Gasteiger partial charge in [0.05, 0.1) is 24.0 Å². The van der Waals surface area contributed by atoms with E-state index < -0.39 is 5.91 Å². The van der Waals surface area contributed by atoms with Crippen molar-refractivity contribution in [2.45, 2.75) is 39.2 Å². The average molecular weight is 447 g/mol. The zero-order chi connectivity index (χ0) is 23.5. The van der Waals surface area contributed by atoms with Crippen LogP contribution >= 0.6 is 0 Å². The molecule has 0 atom stereocenters. The Kier molecular flexibility index (Phi) is 6.49. The second-order valence-corrected chi connectivity index (χ2v) is 8.81. The van der Waals surface area contributed by atoms with E-state index in [9.17, 15) is 9.59 Å². The molecule has 0 bridgehead atoms. The molecule has 2 heterocycles. The number of benzene rings is 2. The fourth-order valence-electron chi connectivity index (χ4n) is 4.19. The molecule has 0 saturated carbocycles. The molecule has 2 amide bonds. The molecule has 1 aromatic heterocycles. The quantitative estimate of drug-likeness (QED) is 0.628. The number of primary amides is 1. The van der Waals surface area contributed by atoms with Crippen molar-refractivity contribution in [1.82, 2.24) is 14.5 Å². The van der Waals surface area contributed by atoms with Gasteiger partial charge in [0, 0.05) is 44.7 Å². The third kappa shape index (κ3) is 5.25. The minimum absolute atomic E-state index is 0.0772. The normalized spacial score (nSPS) is 14.3. The summed E-state index contributed by atoms with van der Waals surface area (Å²) < 4.78 is 8.08. The monoisotopic (exact) mass is 446 g/mol. The molecule has 1 fully saturated rings. The number of carbonyl (C=O) groups is 2. The fraction of sp³-hybridized carbons (Fsp3) is 0.346. The van der Waals surface area contributed by atoms with Crippen LogP contribution in [0.25, 0.3) is 11.3 Å². The maximum Gasteiger partial charge on any atom is 0.252 e. The molecular weight excluding hydrogens is 416 g/mol. The van der Waals surface area contributed by atoms with Crippen LogP contribution in [-0.2, 0) is 18.3 Å². The van der Waals surface area contributed by atoms with Crippen LogP contribution in [0.2, 0.25) is 0 Å². The lowest BCUT2D eigenvalue weighted by molar-refractivity contribution is -0.132. The molecule has 1 aliphatic heterocycles. The number of aryl methyl sites for hydroxylation is 3. The van der Waals surface area contributed by atoms with Gasteiger partial charge in [0.2, 0.25) is 5.91 Å². The largest absolute Gasteiger partial charge is 0.489 e. The number of amides is 2. The topological polar surface area (TPSA) is 90.4 Å². The Morgan fingerprint density at radius 2 is 1.82 bits per heavy atom. The molecule has 7 nitrogen and oxygen atoms in total. The molecule has 2 N–H and O–H groups in total. The Morgan fingerprint density at radius 3 is 2.42 bits per heavy atom. The van der Waals surface area contributed by atoms with Gasteiger partial charge in [-0.15, -0.1) is 0 Å². The predicted molar refractivity (Wildman–Crippen MR) is 127 cm³/mol. The molecule has 1 aliphatic rings. The number of piperidine rings is 1. The minimum atomic E-state index is -0.534. The van der Waals surface area contributed by atoms with Gasteiger partial charge < -0.3 is 19.9 Å². The molecule has 33 heavy (non-hydrogen) atoms. The Hall–Kier alpha value is -3.61. The summed E-state index contributed by atoms with van der Waals surface area (Å²) in [6.45, 7) is 5.26. The summed E-state index contributed by atoms with van der Waals surface area (Å²) >= 11 is 0. The molecule has 1 saturated heterocycles. The minimum Gasteiger partial charge on any atom is -0.489 e. The number of hydrogen-bond donors (Lipinski definition) is 1. The molecule has 0 radical (unpaired) electrons. The molecule has 0 unspecified atom stereocenters. The Bertz CT molecular complexity index is 1160. The highest BCUT2D eigenvalue weighted by molar-refractivity contribution is 5.97. The van der Waals surface area contributed by atoms with E-state index in [1.807, 2.05) is 66.9 Å². The second kappa shape index (κ2) is 9.48. The van der Waals surface area contributed by atoms with Gasteiger partial charge in [-0.3, -0.25) is 9.59 Å². The van der Waals surface area contributed by atoms with Crippen LogP contribution in [0.1, 0.15) is 39.9 Å². The van der Waals surface area contributed by atoms with E-state index in [1.54, 1.807) is 12.4 Å². The lowest BCUT2D eigenvalue weighted by Crippen LogP contribution is -2.42. The first-order valence-corrected chi connectivity index (χ1v) is 11.2. The molecule has 0 aliphatic carbocycles. The second-order valence-electron chi connectivity index (χ2n) is 8.81. The summed E-state index contributed by atoms with van der Waals surface area (Å²) in [6, 6.07) is 11.7. The first-order valence-electron chi connectivity index (χ1n) is 11.2. The van der Waals surface area contributed by atoms with Crippen LogP contribution in [-0.4, -0.2) is 45.5 Å². The van der Waals surface area contributed by atoms with Crippen LogP contribution < -0.4 is 10.5 Å².